The Morgan fingerprint density at radius 3 is 2.52 bits per heavy atom. The van der Waals surface area contributed by atoms with Crippen LogP contribution >= 0.6 is 22.7 Å². The lowest BCUT2D eigenvalue weighted by Gasteiger charge is -2.30. The number of aryl methyl sites for hydroxylation is 1. The van der Waals surface area contributed by atoms with Gasteiger partial charge in [0.1, 0.15) is 5.75 Å². The van der Waals surface area contributed by atoms with Crippen LogP contribution in [0.2, 0.25) is 0 Å². The first-order valence-corrected chi connectivity index (χ1v) is 12.2. The van der Waals surface area contributed by atoms with Crippen molar-refractivity contribution in [2.24, 2.45) is 0 Å². The molecule has 0 radical (unpaired) electrons. The number of fused-ring (bicyclic) bond motifs is 1. The second-order valence-corrected chi connectivity index (χ2v) is 10.2. The molecule has 2 aromatic carbocycles. The third kappa shape index (κ3) is 3.98. The highest BCUT2D eigenvalue weighted by Crippen LogP contribution is 2.36. The summed E-state index contributed by atoms with van der Waals surface area (Å²) in [6, 6.07) is 18.4. The lowest BCUT2D eigenvalue weighted by Crippen LogP contribution is -2.37. The molecule has 158 valence electrons. The Kier molecular flexibility index (Phi) is 5.50. The number of aromatic nitrogens is 1. The third-order valence-electron chi connectivity index (χ3n) is 5.97. The summed E-state index contributed by atoms with van der Waals surface area (Å²) in [5, 5.41) is 1.21. The summed E-state index contributed by atoms with van der Waals surface area (Å²) in [4.78, 5) is 22.0. The molecular weight excluding hydrogens is 424 g/mol. The van der Waals surface area contributed by atoms with E-state index < -0.39 is 0 Å². The fraction of sp³-hybridized carbons (Fsp3) is 0.280. The number of benzene rings is 2. The number of ether oxygens (including phenoxy) is 1. The number of carbonyl (C=O) groups excluding carboxylic acids is 1. The minimum absolute atomic E-state index is 0.149. The molecule has 1 amide bonds. The molecule has 0 spiro atoms. The smallest absolute Gasteiger partial charge is 0.263 e. The van der Waals surface area contributed by atoms with Gasteiger partial charge in [0, 0.05) is 23.9 Å². The van der Waals surface area contributed by atoms with Crippen LogP contribution < -0.4 is 4.74 Å². The number of carbonyl (C=O) groups is 1. The van der Waals surface area contributed by atoms with Crippen molar-refractivity contribution in [3.05, 3.63) is 69.4 Å². The van der Waals surface area contributed by atoms with E-state index in [4.69, 9.17) is 9.72 Å². The van der Waals surface area contributed by atoms with E-state index in [9.17, 15) is 4.79 Å². The first kappa shape index (κ1) is 20.2. The van der Waals surface area contributed by atoms with E-state index in [0.29, 0.717) is 5.92 Å². The first-order valence-electron chi connectivity index (χ1n) is 10.5. The van der Waals surface area contributed by atoms with E-state index in [1.807, 2.05) is 41.3 Å². The Morgan fingerprint density at radius 2 is 1.81 bits per heavy atom. The predicted molar refractivity (Wildman–Crippen MR) is 129 cm³/mol. The van der Waals surface area contributed by atoms with Gasteiger partial charge in [0.25, 0.3) is 5.91 Å². The van der Waals surface area contributed by atoms with Gasteiger partial charge in [-0.1, -0.05) is 24.3 Å². The van der Waals surface area contributed by atoms with Crippen molar-refractivity contribution in [1.82, 2.24) is 9.88 Å². The summed E-state index contributed by atoms with van der Waals surface area (Å²) in [6.07, 6.45) is 1.95. The van der Waals surface area contributed by atoms with Crippen LogP contribution in [0.5, 0.6) is 5.75 Å². The van der Waals surface area contributed by atoms with Crippen LogP contribution in [0, 0.1) is 6.92 Å². The summed E-state index contributed by atoms with van der Waals surface area (Å²) in [6.45, 7) is 3.66. The van der Waals surface area contributed by atoms with E-state index in [0.717, 1.165) is 58.1 Å². The van der Waals surface area contributed by atoms with Gasteiger partial charge < -0.3 is 9.64 Å². The highest BCUT2D eigenvalue weighted by Gasteiger charge is 2.27. The van der Waals surface area contributed by atoms with Crippen LogP contribution in [0.3, 0.4) is 0 Å². The summed E-state index contributed by atoms with van der Waals surface area (Å²) >= 11 is 3.38. The van der Waals surface area contributed by atoms with Crippen molar-refractivity contribution in [2.45, 2.75) is 25.7 Å². The fourth-order valence-corrected chi connectivity index (χ4v) is 6.34. The molecule has 0 unspecified atom stereocenters. The molecule has 0 aliphatic carbocycles. The second-order valence-electron chi connectivity index (χ2n) is 7.90. The third-order valence-corrected chi connectivity index (χ3v) is 8.21. The lowest BCUT2D eigenvalue weighted by atomic mass is 9.97. The van der Waals surface area contributed by atoms with Crippen LogP contribution in [0.4, 0.5) is 0 Å². The minimum atomic E-state index is 0.149. The second kappa shape index (κ2) is 8.44. The van der Waals surface area contributed by atoms with E-state index in [2.05, 4.69) is 25.1 Å². The minimum Gasteiger partial charge on any atom is -0.497 e. The quantitative estimate of drug-likeness (QED) is 0.365. The van der Waals surface area contributed by atoms with Crippen molar-refractivity contribution in [1.29, 1.82) is 0 Å². The highest BCUT2D eigenvalue weighted by atomic mass is 32.1. The number of nitrogens with zero attached hydrogens (tertiary/aromatic N) is 2. The predicted octanol–water partition coefficient (Wildman–Crippen LogP) is 6.36. The highest BCUT2D eigenvalue weighted by molar-refractivity contribution is 7.18. The number of rotatable bonds is 4. The Morgan fingerprint density at radius 1 is 1.06 bits per heavy atom. The van der Waals surface area contributed by atoms with Gasteiger partial charge in [-0.25, -0.2) is 4.98 Å². The molecule has 0 N–H and O–H groups in total. The van der Waals surface area contributed by atoms with Crippen molar-refractivity contribution in [3.63, 3.8) is 0 Å². The maximum atomic E-state index is 13.2. The van der Waals surface area contributed by atoms with Crippen LogP contribution in [-0.4, -0.2) is 36.0 Å². The number of hydrogen-bond donors (Lipinski definition) is 0. The number of amides is 1. The molecule has 1 fully saturated rings. The largest absolute Gasteiger partial charge is 0.497 e. The van der Waals surface area contributed by atoms with Gasteiger partial charge in [-0.3, -0.25) is 4.79 Å². The summed E-state index contributed by atoms with van der Waals surface area (Å²) < 4.78 is 6.50. The summed E-state index contributed by atoms with van der Waals surface area (Å²) in [7, 11) is 1.67. The number of thiophene rings is 1. The molecule has 0 saturated carbocycles. The Labute approximate surface area is 190 Å². The van der Waals surface area contributed by atoms with Gasteiger partial charge in [0.15, 0.2) is 0 Å². The monoisotopic (exact) mass is 448 g/mol. The molecule has 31 heavy (non-hydrogen) atoms. The Bertz CT molecular complexity index is 1190. The zero-order chi connectivity index (χ0) is 21.4. The van der Waals surface area contributed by atoms with Gasteiger partial charge in [-0.2, -0.15) is 0 Å². The number of piperidine rings is 1. The SMILES string of the molecule is COc1ccc(-c2cc(C(=O)N3CCC(c4nc5ccccc5s4)CC3)sc2C)cc1. The van der Waals surface area contributed by atoms with Gasteiger partial charge in [-0.05, 0) is 61.2 Å². The van der Waals surface area contributed by atoms with Crippen LogP contribution in [0.25, 0.3) is 21.3 Å². The van der Waals surface area contributed by atoms with Crippen LogP contribution in [0.15, 0.2) is 54.6 Å². The number of para-hydroxylation sites is 1. The van der Waals surface area contributed by atoms with Gasteiger partial charge in [0.2, 0.25) is 0 Å². The maximum Gasteiger partial charge on any atom is 0.263 e. The molecule has 1 saturated heterocycles. The summed E-state index contributed by atoms with van der Waals surface area (Å²) in [5.41, 5.74) is 3.32. The molecule has 0 atom stereocenters. The average molecular weight is 449 g/mol. The maximum absolute atomic E-state index is 13.2. The molecule has 0 bridgehead atoms. The molecule has 3 heterocycles. The zero-order valence-corrected chi connectivity index (χ0v) is 19.3. The van der Waals surface area contributed by atoms with Gasteiger partial charge in [-0.15, -0.1) is 22.7 Å². The Hall–Kier alpha value is -2.70. The zero-order valence-electron chi connectivity index (χ0n) is 17.6. The molecule has 6 heteroatoms. The number of methoxy groups -OCH3 is 1. The van der Waals surface area contributed by atoms with E-state index in [-0.39, 0.29) is 5.91 Å². The number of hydrogen-bond acceptors (Lipinski definition) is 5. The van der Waals surface area contributed by atoms with E-state index >= 15 is 0 Å². The molecule has 1 aliphatic rings. The topological polar surface area (TPSA) is 42.4 Å². The molecule has 4 aromatic rings. The fourth-order valence-electron chi connectivity index (χ4n) is 4.19. The standard InChI is InChI=1S/C25H24N2O2S2/c1-16-20(17-7-9-19(29-2)10-8-17)15-23(30-16)25(28)27-13-11-18(12-14-27)24-26-21-5-3-4-6-22(21)31-24/h3-10,15,18H,11-14H2,1-2H3. The van der Waals surface area contributed by atoms with Crippen molar-refractivity contribution < 1.29 is 9.53 Å². The molecular formula is C25H24N2O2S2. The number of likely N-dealkylation sites (tertiary alicyclic amines) is 1. The van der Waals surface area contributed by atoms with Crippen molar-refractivity contribution >= 4 is 38.8 Å². The molecule has 2 aromatic heterocycles. The molecule has 4 nitrogen and oxygen atoms in total. The van der Waals surface area contributed by atoms with Crippen LogP contribution in [0.1, 0.15) is 38.3 Å². The molecule has 1 aliphatic heterocycles. The van der Waals surface area contributed by atoms with Crippen LogP contribution in [-0.2, 0) is 0 Å². The van der Waals surface area contributed by atoms with E-state index in [1.54, 1.807) is 29.8 Å². The Balaban J connectivity index is 1.28. The van der Waals surface area contributed by atoms with Gasteiger partial charge >= 0.3 is 0 Å². The normalized spacial score (nSPS) is 14.8. The average Bonchev–Trinajstić information content (AvgIpc) is 3.42. The van der Waals surface area contributed by atoms with Gasteiger partial charge in [0.05, 0.1) is 27.2 Å². The van der Waals surface area contributed by atoms with Crippen molar-refractivity contribution in [3.8, 4) is 16.9 Å². The van der Waals surface area contributed by atoms with Crippen molar-refractivity contribution in [2.75, 3.05) is 20.2 Å². The van der Waals surface area contributed by atoms with E-state index in [1.165, 1.54) is 9.71 Å². The first-order chi connectivity index (χ1) is 15.1. The molecule has 5 rings (SSSR count). The summed E-state index contributed by atoms with van der Waals surface area (Å²) in [5.74, 6) is 1.43. The number of thiazole rings is 1. The lowest BCUT2D eigenvalue weighted by molar-refractivity contribution is 0.0718.